The number of anilines is 1. The average Bonchev–Trinajstić information content (AvgIpc) is 2.57. The van der Waals surface area contributed by atoms with Crippen LogP contribution in [0.4, 0.5) is 5.82 Å². The van der Waals surface area contributed by atoms with Crippen molar-refractivity contribution in [2.45, 2.75) is 12.5 Å². The summed E-state index contributed by atoms with van der Waals surface area (Å²) in [4.78, 5) is 27.9. The molecule has 1 atom stereocenters. The third-order valence-electron chi connectivity index (χ3n) is 2.44. The summed E-state index contributed by atoms with van der Waals surface area (Å²) in [7, 11) is 0. The van der Waals surface area contributed by atoms with Gasteiger partial charge in [-0.25, -0.2) is 4.98 Å². The van der Waals surface area contributed by atoms with Crippen molar-refractivity contribution in [1.29, 1.82) is 0 Å². The molecule has 2 N–H and O–H groups in total. The predicted octanol–water partition coefficient (Wildman–Crippen LogP) is 0.611. The zero-order chi connectivity index (χ0) is 11.7. The van der Waals surface area contributed by atoms with E-state index in [0.29, 0.717) is 18.6 Å². The number of carbonyl (C=O) groups is 2. The molecule has 1 aliphatic rings. The van der Waals surface area contributed by atoms with Crippen LogP contribution in [0.5, 0.6) is 0 Å². The second kappa shape index (κ2) is 4.19. The molecule has 1 aromatic heterocycles. The molecule has 0 aliphatic carbocycles. The predicted molar refractivity (Wildman–Crippen MR) is 59.6 cm³/mol. The zero-order valence-corrected chi connectivity index (χ0v) is 9.15. The lowest BCUT2D eigenvalue weighted by atomic mass is 10.2. The van der Waals surface area contributed by atoms with Crippen LogP contribution in [0.2, 0.25) is 5.02 Å². The van der Waals surface area contributed by atoms with Gasteiger partial charge in [-0.3, -0.25) is 14.5 Å². The number of aldehydes is 1. The summed E-state index contributed by atoms with van der Waals surface area (Å²) in [5, 5.41) is 0.285. The Morgan fingerprint density at radius 2 is 2.38 bits per heavy atom. The number of hydrogen-bond donors (Lipinski definition) is 1. The first-order valence-corrected chi connectivity index (χ1v) is 5.17. The van der Waals surface area contributed by atoms with Crippen LogP contribution in [0.15, 0.2) is 12.3 Å². The Kier molecular flexibility index (Phi) is 2.89. The number of amides is 1. The van der Waals surface area contributed by atoms with E-state index in [1.165, 1.54) is 17.2 Å². The van der Waals surface area contributed by atoms with Crippen molar-refractivity contribution in [2.75, 3.05) is 11.4 Å². The summed E-state index contributed by atoms with van der Waals surface area (Å²) in [6, 6.07) is 1.29. The van der Waals surface area contributed by atoms with E-state index < -0.39 is 0 Å². The van der Waals surface area contributed by atoms with Crippen molar-refractivity contribution in [3.05, 3.63) is 22.8 Å². The molecule has 6 heteroatoms. The number of halogens is 1. The van der Waals surface area contributed by atoms with E-state index in [4.69, 9.17) is 17.3 Å². The summed E-state index contributed by atoms with van der Waals surface area (Å²) in [5.41, 5.74) is 5.90. The molecule has 0 radical (unpaired) electrons. The normalized spacial score (nSPS) is 20.2. The fraction of sp³-hybridized carbons (Fsp3) is 0.300. The van der Waals surface area contributed by atoms with E-state index >= 15 is 0 Å². The van der Waals surface area contributed by atoms with Crippen molar-refractivity contribution in [3.8, 4) is 0 Å². The minimum absolute atomic E-state index is 0.134. The molecule has 0 bridgehead atoms. The maximum atomic E-state index is 11.6. The van der Waals surface area contributed by atoms with E-state index in [0.717, 1.165) is 0 Å². The first kappa shape index (κ1) is 11.0. The van der Waals surface area contributed by atoms with Crippen LogP contribution in [-0.4, -0.2) is 29.8 Å². The Bertz CT molecular complexity index is 450. The third kappa shape index (κ3) is 1.79. The van der Waals surface area contributed by atoms with Gasteiger partial charge in [-0.2, -0.15) is 0 Å². The van der Waals surface area contributed by atoms with Gasteiger partial charge >= 0.3 is 0 Å². The average molecular weight is 240 g/mol. The maximum Gasteiger partial charge on any atom is 0.229 e. The Morgan fingerprint density at radius 3 is 2.94 bits per heavy atom. The molecular weight excluding hydrogens is 230 g/mol. The lowest BCUT2D eigenvalue weighted by molar-refractivity contribution is -0.117. The molecule has 1 aliphatic heterocycles. The van der Waals surface area contributed by atoms with Gasteiger partial charge in [0.15, 0.2) is 6.29 Å². The van der Waals surface area contributed by atoms with Gasteiger partial charge in [0.25, 0.3) is 0 Å². The number of nitrogens with two attached hydrogens (primary N) is 1. The van der Waals surface area contributed by atoms with E-state index in [2.05, 4.69) is 4.98 Å². The number of aromatic nitrogens is 1. The van der Waals surface area contributed by atoms with Gasteiger partial charge in [0.1, 0.15) is 5.82 Å². The first-order valence-electron chi connectivity index (χ1n) is 4.79. The fourth-order valence-corrected chi connectivity index (χ4v) is 1.89. The first-order chi connectivity index (χ1) is 7.63. The number of pyridine rings is 1. The van der Waals surface area contributed by atoms with E-state index in [9.17, 15) is 9.59 Å². The topological polar surface area (TPSA) is 76.3 Å². The molecule has 1 aromatic rings. The SMILES string of the molecule is NC1CC(=O)N(c2nccc(Cl)c2C=O)C1. The highest BCUT2D eigenvalue weighted by Gasteiger charge is 2.30. The molecule has 2 rings (SSSR count). The molecular formula is C10H10ClN3O2. The monoisotopic (exact) mass is 239 g/mol. The van der Waals surface area contributed by atoms with E-state index in [1.54, 1.807) is 0 Å². The smallest absolute Gasteiger partial charge is 0.229 e. The highest BCUT2D eigenvalue weighted by atomic mass is 35.5. The van der Waals surface area contributed by atoms with Crippen molar-refractivity contribution in [2.24, 2.45) is 5.73 Å². The molecule has 0 aromatic carbocycles. The maximum absolute atomic E-state index is 11.6. The number of hydrogen-bond acceptors (Lipinski definition) is 4. The van der Waals surface area contributed by atoms with Crippen molar-refractivity contribution in [3.63, 3.8) is 0 Å². The Morgan fingerprint density at radius 1 is 1.62 bits per heavy atom. The number of carbonyl (C=O) groups excluding carboxylic acids is 2. The summed E-state index contributed by atoms with van der Waals surface area (Å²) in [6.45, 7) is 0.368. The van der Waals surface area contributed by atoms with E-state index in [1.807, 2.05) is 0 Å². The lowest BCUT2D eigenvalue weighted by Crippen LogP contribution is -2.29. The lowest BCUT2D eigenvalue weighted by Gasteiger charge is -2.16. The van der Waals surface area contributed by atoms with Gasteiger partial charge in [0, 0.05) is 25.2 Å². The van der Waals surface area contributed by atoms with Gasteiger partial charge in [0.2, 0.25) is 5.91 Å². The van der Waals surface area contributed by atoms with Gasteiger partial charge in [0.05, 0.1) is 10.6 Å². The second-order valence-electron chi connectivity index (χ2n) is 3.62. The number of rotatable bonds is 2. The molecule has 1 saturated heterocycles. The largest absolute Gasteiger partial charge is 0.326 e. The Balaban J connectivity index is 2.44. The third-order valence-corrected chi connectivity index (χ3v) is 2.77. The molecule has 1 fully saturated rings. The fourth-order valence-electron chi connectivity index (χ4n) is 1.70. The molecule has 84 valence electrons. The van der Waals surface area contributed by atoms with Crippen LogP contribution in [0.25, 0.3) is 0 Å². The molecule has 2 heterocycles. The Labute approximate surface area is 97.2 Å². The van der Waals surface area contributed by atoms with Gasteiger partial charge in [-0.05, 0) is 6.07 Å². The molecule has 1 unspecified atom stereocenters. The summed E-state index contributed by atoms with van der Waals surface area (Å²) < 4.78 is 0. The molecule has 0 spiro atoms. The van der Waals surface area contributed by atoms with Crippen molar-refractivity contribution < 1.29 is 9.59 Å². The van der Waals surface area contributed by atoms with Crippen LogP contribution in [0, 0.1) is 0 Å². The minimum Gasteiger partial charge on any atom is -0.326 e. The highest BCUT2D eigenvalue weighted by Crippen LogP contribution is 2.26. The quantitative estimate of drug-likeness (QED) is 0.768. The van der Waals surface area contributed by atoms with Crippen LogP contribution in [-0.2, 0) is 4.79 Å². The highest BCUT2D eigenvalue weighted by molar-refractivity contribution is 6.33. The minimum atomic E-state index is -0.215. The van der Waals surface area contributed by atoms with Crippen molar-refractivity contribution in [1.82, 2.24) is 4.98 Å². The number of nitrogens with zero attached hydrogens (tertiary/aromatic N) is 2. The standard InChI is InChI=1S/C10H10ClN3O2/c11-8-1-2-13-10(7(8)5-15)14-4-6(12)3-9(14)16/h1-2,5-6H,3-4,12H2. The summed E-state index contributed by atoms with van der Waals surface area (Å²) in [6.07, 6.45) is 2.33. The van der Waals surface area contributed by atoms with Crippen LogP contribution in [0.3, 0.4) is 0 Å². The van der Waals surface area contributed by atoms with Crippen LogP contribution in [0.1, 0.15) is 16.8 Å². The van der Waals surface area contributed by atoms with Crippen LogP contribution < -0.4 is 10.6 Å². The second-order valence-corrected chi connectivity index (χ2v) is 4.02. The molecule has 16 heavy (non-hydrogen) atoms. The molecule has 1 amide bonds. The van der Waals surface area contributed by atoms with Crippen LogP contribution >= 0.6 is 11.6 Å². The van der Waals surface area contributed by atoms with Gasteiger partial charge < -0.3 is 5.73 Å². The molecule has 5 nitrogen and oxygen atoms in total. The van der Waals surface area contributed by atoms with E-state index in [-0.39, 0.29) is 29.0 Å². The van der Waals surface area contributed by atoms with Gasteiger partial charge in [-0.1, -0.05) is 11.6 Å². The van der Waals surface area contributed by atoms with Crippen molar-refractivity contribution >= 4 is 29.6 Å². The summed E-state index contributed by atoms with van der Waals surface area (Å²) >= 11 is 5.85. The Hall–Kier alpha value is -1.46. The molecule has 0 saturated carbocycles. The summed E-state index contributed by atoms with van der Waals surface area (Å²) in [5.74, 6) is 0.158. The zero-order valence-electron chi connectivity index (χ0n) is 8.39. The van der Waals surface area contributed by atoms with Gasteiger partial charge in [-0.15, -0.1) is 0 Å².